The van der Waals surface area contributed by atoms with Gasteiger partial charge in [0.2, 0.25) is 0 Å². The van der Waals surface area contributed by atoms with Crippen LogP contribution in [0.1, 0.15) is 26.2 Å². The number of rotatable bonds is 2. The zero-order valence-electron chi connectivity index (χ0n) is 10.9. The van der Waals surface area contributed by atoms with E-state index in [1.54, 1.807) is 12.1 Å². The summed E-state index contributed by atoms with van der Waals surface area (Å²) < 4.78 is 12.8. The van der Waals surface area contributed by atoms with Gasteiger partial charge < -0.3 is 5.32 Å². The predicted molar refractivity (Wildman–Crippen MR) is 73.2 cm³/mol. The van der Waals surface area contributed by atoms with Gasteiger partial charge in [-0.15, -0.1) is 0 Å². The van der Waals surface area contributed by atoms with Gasteiger partial charge in [0.1, 0.15) is 11.6 Å². The molecule has 19 heavy (non-hydrogen) atoms. The molecule has 0 aromatic heterocycles. The third-order valence-electron chi connectivity index (χ3n) is 4.14. The third kappa shape index (κ3) is 2.09. The molecule has 1 unspecified atom stereocenters. The summed E-state index contributed by atoms with van der Waals surface area (Å²) in [5.74, 6) is 0.103. The summed E-state index contributed by atoms with van der Waals surface area (Å²) in [4.78, 5) is 11.9. The normalized spacial score (nSPS) is 25.7. The molecule has 0 aliphatic heterocycles. The molecule has 2 aliphatic rings. The van der Waals surface area contributed by atoms with Crippen molar-refractivity contribution in [1.82, 2.24) is 0 Å². The molecule has 1 aromatic carbocycles. The van der Waals surface area contributed by atoms with Crippen LogP contribution >= 0.6 is 0 Å². The van der Waals surface area contributed by atoms with Gasteiger partial charge in [-0.25, -0.2) is 4.39 Å². The number of anilines is 1. The predicted octanol–water partition coefficient (Wildman–Crippen LogP) is 3.82. The van der Waals surface area contributed by atoms with Crippen LogP contribution in [-0.4, -0.2) is 5.78 Å². The summed E-state index contributed by atoms with van der Waals surface area (Å²) in [5.41, 5.74) is 2.78. The van der Waals surface area contributed by atoms with Crippen LogP contribution in [0.5, 0.6) is 0 Å². The van der Waals surface area contributed by atoms with E-state index in [0.717, 1.165) is 24.2 Å². The molecule has 0 spiro atoms. The molecular weight excluding hydrogens is 241 g/mol. The second kappa shape index (κ2) is 4.34. The maximum absolute atomic E-state index is 12.8. The Morgan fingerprint density at radius 1 is 1.21 bits per heavy atom. The van der Waals surface area contributed by atoms with Crippen molar-refractivity contribution in [3.05, 3.63) is 53.5 Å². The number of carbonyl (C=O) groups excluding carboxylic acids is 1. The zero-order chi connectivity index (χ0) is 13.5. The topological polar surface area (TPSA) is 29.1 Å². The Hall–Kier alpha value is -1.90. The van der Waals surface area contributed by atoms with Gasteiger partial charge in [0.15, 0.2) is 0 Å². The van der Waals surface area contributed by atoms with Crippen molar-refractivity contribution in [2.24, 2.45) is 5.41 Å². The van der Waals surface area contributed by atoms with E-state index >= 15 is 0 Å². The molecule has 1 atom stereocenters. The molecule has 3 rings (SSSR count). The van der Waals surface area contributed by atoms with E-state index in [2.05, 4.69) is 17.5 Å². The van der Waals surface area contributed by atoms with E-state index in [1.165, 1.54) is 17.7 Å². The molecule has 3 heteroatoms. The first-order valence-corrected chi connectivity index (χ1v) is 6.55. The van der Waals surface area contributed by atoms with E-state index in [4.69, 9.17) is 0 Å². The number of hydrogen-bond acceptors (Lipinski definition) is 2. The first-order chi connectivity index (χ1) is 9.08. The van der Waals surface area contributed by atoms with E-state index in [1.807, 2.05) is 6.92 Å². The van der Waals surface area contributed by atoms with Gasteiger partial charge in [-0.2, -0.15) is 0 Å². The minimum absolute atomic E-state index is 0.240. The van der Waals surface area contributed by atoms with Crippen LogP contribution in [0.4, 0.5) is 10.1 Å². The van der Waals surface area contributed by atoms with Gasteiger partial charge in [0, 0.05) is 17.8 Å². The first-order valence-electron chi connectivity index (χ1n) is 6.55. The Balaban J connectivity index is 1.80. The quantitative estimate of drug-likeness (QED) is 0.872. The van der Waals surface area contributed by atoms with Crippen molar-refractivity contribution in [1.29, 1.82) is 0 Å². The van der Waals surface area contributed by atoms with Crippen molar-refractivity contribution in [3.8, 4) is 0 Å². The standard InChI is InChI=1S/C16H16FNO/c1-16-9-8-14(10-11(16)2-7-15(16)19)18-13-5-3-12(17)4-6-13/h3-6,8,10,18H,2,7,9H2,1H3. The monoisotopic (exact) mass is 257 g/mol. The highest BCUT2D eigenvalue weighted by atomic mass is 19.1. The number of carbonyl (C=O) groups is 1. The molecule has 1 aromatic rings. The second-order valence-electron chi connectivity index (χ2n) is 5.42. The summed E-state index contributed by atoms with van der Waals surface area (Å²) in [5, 5.41) is 3.26. The number of allylic oxidation sites excluding steroid dienone is 3. The Morgan fingerprint density at radius 3 is 2.68 bits per heavy atom. The van der Waals surface area contributed by atoms with Gasteiger partial charge in [-0.3, -0.25) is 4.79 Å². The fraction of sp³-hybridized carbons (Fsp3) is 0.312. The lowest BCUT2D eigenvalue weighted by atomic mass is 9.77. The Morgan fingerprint density at radius 2 is 1.95 bits per heavy atom. The lowest BCUT2D eigenvalue weighted by Crippen LogP contribution is -2.25. The van der Waals surface area contributed by atoms with Crippen molar-refractivity contribution < 1.29 is 9.18 Å². The van der Waals surface area contributed by atoms with Crippen LogP contribution < -0.4 is 5.32 Å². The van der Waals surface area contributed by atoms with E-state index in [0.29, 0.717) is 12.2 Å². The lowest BCUT2D eigenvalue weighted by Gasteiger charge is -2.27. The zero-order valence-corrected chi connectivity index (χ0v) is 10.9. The second-order valence-corrected chi connectivity index (χ2v) is 5.42. The number of nitrogens with one attached hydrogen (secondary N) is 1. The van der Waals surface area contributed by atoms with Crippen LogP contribution in [0.2, 0.25) is 0 Å². The molecule has 0 heterocycles. The van der Waals surface area contributed by atoms with Crippen LogP contribution in [-0.2, 0) is 4.79 Å². The van der Waals surface area contributed by atoms with Crippen LogP contribution in [0, 0.1) is 11.2 Å². The van der Waals surface area contributed by atoms with E-state index in [-0.39, 0.29) is 11.2 Å². The highest BCUT2D eigenvalue weighted by Crippen LogP contribution is 2.45. The number of Topliss-reactive ketones (excluding diaryl/α,β-unsaturated/α-hetero) is 1. The molecule has 2 aliphatic carbocycles. The molecule has 0 radical (unpaired) electrons. The molecule has 1 N–H and O–H groups in total. The van der Waals surface area contributed by atoms with Gasteiger partial charge in [-0.05, 0) is 50.1 Å². The molecule has 2 nitrogen and oxygen atoms in total. The number of hydrogen-bond donors (Lipinski definition) is 1. The maximum Gasteiger partial charge on any atom is 0.143 e. The SMILES string of the molecule is CC12CC=C(Nc3ccc(F)cc3)C=C1CCC2=O. The summed E-state index contributed by atoms with van der Waals surface area (Å²) in [6.45, 7) is 2.03. The minimum atomic E-state index is -0.284. The van der Waals surface area contributed by atoms with Gasteiger partial charge >= 0.3 is 0 Å². The number of benzene rings is 1. The molecule has 0 bridgehead atoms. The Labute approximate surface area is 112 Å². The molecule has 0 amide bonds. The van der Waals surface area contributed by atoms with E-state index in [9.17, 15) is 9.18 Å². The van der Waals surface area contributed by atoms with E-state index < -0.39 is 0 Å². The number of ketones is 1. The van der Waals surface area contributed by atoms with Crippen molar-refractivity contribution in [2.45, 2.75) is 26.2 Å². The Bertz CT molecular complexity index is 585. The van der Waals surface area contributed by atoms with Crippen molar-refractivity contribution >= 4 is 11.5 Å². The molecule has 98 valence electrons. The van der Waals surface area contributed by atoms with Gasteiger partial charge in [-0.1, -0.05) is 11.6 Å². The van der Waals surface area contributed by atoms with Crippen molar-refractivity contribution in [3.63, 3.8) is 0 Å². The fourth-order valence-corrected chi connectivity index (χ4v) is 2.80. The summed E-state index contributed by atoms with van der Waals surface area (Å²) in [6.07, 6.45) is 6.38. The molecular formula is C16H16FNO. The molecule has 1 saturated carbocycles. The Kier molecular flexibility index (Phi) is 2.77. The number of fused-ring (bicyclic) bond motifs is 1. The summed E-state index contributed by atoms with van der Waals surface area (Å²) in [7, 11) is 0. The first kappa shape index (κ1) is 12.2. The van der Waals surface area contributed by atoms with Gasteiger partial charge in [0.05, 0.1) is 5.41 Å². The smallest absolute Gasteiger partial charge is 0.143 e. The third-order valence-corrected chi connectivity index (χ3v) is 4.14. The molecule has 0 saturated heterocycles. The van der Waals surface area contributed by atoms with Gasteiger partial charge in [0.25, 0.3) is 0 Å². The number of halogens is 1. The highest BCUT2D eigenvalue weighted by Gasteiger charge is 2.42. The average Bonchev–Trinajstić information content (AvgIpc) is 2.69. The van der Waals surface area contributed by atoms with Crippen LogP contribution in [0.15, 0.2) is 47.7 Å². The fourth-order valence-electron chi connectivity index (χ4n) is 2.80. The minimum Gasteiger partial charge on any atom is -0.356 e. The molecule has 1 fully saturated rings. The van der Waals surface area contributed by atoms with Crippen LogP contribution in [0.3, 0.4) is 0 Å². The summed E-state index contributed by atoms with van der Waals surface area (Å²) >= 11 is 0. The summed E-state index contributed by atoms with van der Waals surface area (Å²) in [6, 6.07) is 6.29. The highest BCUT2D eigenvalue weighted by molar-refractivity contribution is 5.91. The lowest BCUT2D eigenvalue weighted by molar-refractivity contribution is -0.123. The van der Waals surface area contributed by atoms with Crippen LogP contribution in [0.25, 0.3) is 0 Å². The van der Waals surface area contributed by atoms with Crippen molar-refractivity contribution in [2.75, 3.05) is 5.32 Å². The maximum atomic E-state index is 12.8. The largest absolute Gasteiger partial charge is 0.356 e. The average molecular weight is 257 g/mol.